The summed E-state index contributed by atoms with van der Waals surface area (Å²) in [6, 6.07) is 15.6. The molecule has 0 heterocycles. The molecular formula is C20H24N2O2. The number of amides is 2. The lowest BCUT2D eigenvalue weighted by Gasteiger charge is -2.11. The Morgan fingerprint density at radius 2 is 1.50 bits per heavy atom. The summed E-state index contributed by atoms with van der Waals surface area (Å²) in [5.74, 6) is 0.00713. The number of carbonyl (C=O) groups excluding carboxylic acids is 2. The zero-order valence-electron chi connectivity index (χ0n) is 14.5. The van der Waals surface area contributed by atoms with Crippen LogP contribution in [0.5, 0.6) is 0 Å². The molecule has 4 heteroatoms. The fourth-order valence-electron chi connectivity index (χ4n) is 2.33. The van der Waals surface area contributed by atoms with Gasteiger partial charge in [-0.1, -0.05) is 42.0 Å². The van der Waals surface area contributed by atoms with Crippen molar-refractivity contribution in [2.45, 2.75) is 26.3 Å². The van der Waals surface area contributed by atoms with Crippen LogP contribution in [0.15, 0.2) is 48.5 Å². The summed E-state index contributed by atoms with van der Waals surface area (Å²) in [7, 11) is 3.45. The van der Waals surface area contributed by atoms with Gasteiger partial charge in [0.05, 0.1) is 0 Å². The lowest BCUT2D eigenvalue weighted by atomic mass is 10.1. The highest BCUT2D eigenvalue weighted by Gasteiger charge is 2.07. The molecule has 0 aliphatic rings. The molecule has 0 fully saturated rings. The van der Waals surface area contributed by atoms with Crippen LogP contribution in [0.1, 0.15) is 33.5 Å². The Kier molecular flexibility index (Phi) is 6.13. The van der Waals surface area contributed by atoms with Crippen molar-refractivity contribution in [3.05, 3.63) is 70.8 Å². The van der Waals surface area contributed by atoms with Gasteiger partial charge >= 0.3 is 0 Å². The molecule has 0 aliphatic heterocycles. The largest absolute Gasteiger partial charge is 0.352 e. The van der Waals surface area contributed by atoms with Gasteiger partial charge in [-0.25, -0.2) is 0 Å². The minimum absolute atomic E-state index is 0.0244. The monoisotopic (exact) mass is 324 g/mol. The van der Waals surface area contributed by atoms with Crippen molar-refractivity contribution in [3.8, 4) is 0 Å². The van der Waals surface area contributed by atoms with E-state index in [2.05, 4.69) is 29.6 Å². The second-order valence-electron chi connectivity index (χ2n) is 6.16. The SMILES string of the molecule is Cc1ccc(CCC(=O)NCc2ccc(C(=O)N(C)C)cc2)cc1. The predicted molar refractivity (Wildman–Crippen MR) is 95.8 cm³/mol. The molecule has 0 spiro atoms. The van der Waals surface area contributed by atoms with Crippen LogP contribution in [-0.2, 0) is 17.8 Å². The van der Waals surface area contributed by atoms with E-state index in [0.717, 1.165) is 12.0 Å². The average molecular weight is 324 g/mol. The summed E-state index contributed by atoms with van der Waals surface area (Å²) in [6.07, 6.45) is 1.21. The topological polar surface area (TPSA) is 49.4 Å². The van der Waals surface area contributed by atoms with E-state index in [1.165, 1.54) is 11.1 Å². The summed E-state index contributed by atoms with van der Waals surface area (Å²) in [5.41, 5.74) is 4.02. The molecule has 2 aromatic carbocycles. The smallest absolute Gasteiger partial charge is 0.253 e. The number of hydrogen-bond acceptors (Lipinski definition) is 2. The summed E-state index contributed by atoms with van der Waals surface area (Å²) in [4.78, 5) is 25.3. The Hall–Kier alpha value is -2.62. The molecule has 0 saturated carbocycles. The van der Waals surface area contributed by atoms with Crippen LogP contribution in [0.25, 0.3) is 0 Å². The van der Waals surface area contributed by atoms with E-state index in [0.29, 0.717) is 18.5 Å². The first kappa shape index (κ1) is 17.7. The third-order valence-corrected chi connectivity index (χ3v) is 3.86. The molecule has 0 aromatic heterocycles. The maximum Gasteiger partial charge on any atom is 0.253 e. The van der Waals surface area contributed by atoms with Gasteiger partial charge in [0.2, 0.25) is 5.91 Å². The highest BCUT2D eigenvalue weighted by Crippen LogP contribution is 2.08. The molecule has 0 unspecified atom stereocenters. The van der Waals surface area contributed by atoms with Crippen LogP contribution >= 0.6 is 0 Å². The van der Waals surface area contributed by atoms with E-state index < -0.39 is 0 Å². The first-order valence-corrected chi connectivity index (χ1v) is 8.08. The van der Waals surface area contributed by atoms with Gasteiger partial charge in [-0.05, 0) is 36.6 Å². The number of benzene rings is 2. The second kappa shape index (κ2) is 8.29. The zero-order valence-corrected chi connectivity index (χ0v) is 14.5. The molecule has 2 rings (SSSR count). The Balaban J connectivity index is 1.79. The third-order valence-electron chi connectivity index (χ3n) is 3.86. The van der Waals surface area contributed by atoms with Crippen LogP contribution < -0.4 is 5.32 Å². The van der Waals surface area contributed by atoms with Crippen molar-refractivity contribution in [1.82, 2.24) is 10.2 Å². The highest BCUT2D eigenvalue weighted by molar-refractivity contribution is 5.93. The summed E-state index contributed by atoms with van der Waals surface area (Å²) < 4.78 is 0. The maximum absolute atomic E-state index is 11.9. The van der Waals surface area contributed by atoms with E-state index in [4.69, 9.17) is 0 Å². The van der Waals surface area contributed by atoms with Gasteiger partial charge in [0.1, 0.15) is 0 Å². The van der Waals surface area contributed by atoms with E-state index in [1.54, 1.807) is 31.1 Å². The fourth-order valence-corrected chi connectivity index (χ4v) is 2.33. The summed E-state index contributed by atoms with van der Waals surface area (Å²) >= 11 is 0. The van der Waals surface area contributed by atoms with Crippen molar-refractivity contribution in [1.29, 1.82) is 0 Å². The minimum Gasteiger partial charge on any atom is -0.352 e. The van der Waals surface area contributed by atoms with Crippen molar-refractivity contribution in [2.75, 3.05) is 14.1 Å². The van der Waals surface area contributed by atoms with Crippen LogP contribution in [0.2, 0.25) is 0 Å². The van der Waals surface area contributed by atoms with Crippen LogP contribution in [0.4, 0.5) is 0 Å². The summed E-state index contributed by atoms with van der Waals surface area (Å²) in [5, 5.41) is 2.92. The number of aryl methyl sites for hydroxylation is 2. The number of carbonyl (C=O) groups is 2. The van der Waals surface area contributed by atoms with Gasteiger partial charge in [-0.3, -0.25) is 9.59 Å². The van der Waals surface area contributed by atoms with Gasteiger partial charge in [0.15, 0.2) is 0 Å². The van der Waals surface area contributed by atoms with E-state index in [-0.39, 0.29) is 11.8 Å². The van der Waals surface area contributed by atoms with Gasteiger partial charge < -0.3 is 10.2 Å². The molecule has 0 saturated heterocycles. The number of rotatable bonds is 6. The van der Waals surface area contributed by atoms with Crippen molar-refractivity contribution in [2.24, 2.45) is 0 Å². The Morgan fingerprint density at radius 3 is 2.08 bits per heavy atom. The Bertz CT molecular complexity index is 689. The molecular weight excluding hydrogens is 300 g/mol. The minimum atomic E-state index is -0.0244. The molecule has 2 aromatic rings. The van der Waals surface area contributed by atoms with Gasteiger partial charge in [-0.15, -0.1) is 0 Å². The van der Waals surface area contributed by atoms with Gasteiger partial charge in [-0.2, -0.15) is 0 Å². The molecule has 2 amide bonds. The second-order valence-corrected chi connectivity index (χ2v) is 6.16. The van der Waals surface area contributed by atoms with Gasteiger partial charge in [0, 0.05) is 32.6 Å². The summed E-state index contributed by atoms with van der Waals surface area (Å²) in [6.45, 7) is 2.52. The molecule has 126 valence electrons. The van der Waals surface area contributed by atoms with E-state index >= 15 is 0 Å². The molecule has 24 heavy (non-hydrogen) atoms. The standard InChI is InChI=1S/C20H24N2O2/c1-15-4-6-16(7-5-15)10-13-19(23)21-14-17-8-11-18(12-9-17)20(24)22(2)3/h4-9,11-12H,10,13-14H2,1-3H3,(H,21,23). The lowest BCUT2D eigenvalue weighted by molar-refractivity contribution is -0.121. The van der Waals surface area contributed by atoms with Crippen molar-refractivity contribution < 1.29 is 9.59 Å². The molecule has 4 nitrogen and oxygen atoms in total. The average Bonchev–Trinajstić information content (AvgIpc) is 2.59. The first-order chi connectivity index (χ1) is 11.5. The molecule has 0 bridgehead atoms. The van der Waals surface area contributed by atoms with Crippen LogP contribution in [0, 0.1) is 6.92 Å². The highest BCUT2D eigenvalue weighted by atomic mass is 16.2. The Morgan fingerprint density at radius 1 is 0.917 bits per heavy atom. The van der Waals surface area contributed by atoms with Crippen molar-refractivity contribution >= 4 is 11.8 Å². The number of hydrogen-bond donors (Lipinski definition) is 1. The Labute approximate surface area is 143 Å². The van der Waals surface area contributed by atoms with E-state index in [1.807, 2.05) is 19.1 Å². The molecule has 0 atom stereocenters. The fraction of sp³-hybridized carbons (Fsp3) is 0.300. The van der Waals surface area contributed by atoms with E-state index in [9.17, 15) is 9.59 Å². The molecule has 0 radical (unpaired) electrons. The normalized spacial score (nSPS) is 10.3. The lowest BCUT2D eigenvalue weighted by Crippen LogP contribution is -2.23. The number of nitrogens with one attached hydrogen (secondary N) is 1. The maximum atomic E-state index is 11.9. The van der Waals surface area contributed by atoms with Crippen LogP contribution in [-0.4, -0.2) is 30.8 Å². The predicted octanol–water partition coefficient (Wildman–Crippen LogP) is 2.95. The molecule has 1 N–H and O–H groups in total. The van der Waals surface area contributed by atoms with Gasteiger partial charge in [0.25, 0.3) is 5.91 Å². The number of nitrogens with zero attached hydrogens (tertiary/aromatic N) is 1. The third kappa shape index (κ3) is 5.23. The van der Waals surface area contributed by atoms with Crippen LogP contribution in [0.3, 0.4) is 0 Å². The zero-order chi connectivity index (χ0) is 17.5. The molecule has 0 aliphatic carbocycles. The first-order valence-electron chi connectivity index (χ1n) is 8.08. The quantitative estimate of drug-likeness (QED) is 0.888. The van der Waals surface area contributed by atoms with Crippen molar-refractivity contribution in [3.63, 3.8) is 0 Å².